The molecule has 24 heavy (non-hydrogen) atoms. The second kappa shape index (κ2) is 8.90. The Morgan fingerprint density at radius 3 is 2.21 bits per heavy atom. The average molecular weight is 387 g/mol. The number of anilines is 2. The Kier molecular flexibility index (Phi) is 7.43. The lowest BCUT2D eigenvalue weighted by Gasteiger charge is -2.24. The molecule has 1 aromatic rings. The van der Waals surface area contributed by atoms with Gasteiger partial charge >= 0.3 is 0 Å². The highest BCUT2D eigenvalue weighted by atomic mass is 32.2. The maximum Gasteiger partial charge on any atom is 0.190 e. The molecular formula is C17H30N4S3. The molecule has 0 radical (unpaired) electrons. The molecule has 1 unspecified atom stereocenters. The zero-order valence-corrected chi connectivity index (χ0v) is 18.1. The largest absolute Gasteiger partial charge is 0.352 e. The monoisotopic (exact) mass is 386 g/mol. The third-order valence-corrected chi connectivity index (χ3v) is 6.42. The van der Waals surface area contributed by atoms with Crippen molar-refractivity contribution in [3.63, 3.8) is 0 Å². The van der Waals surface area contributed by atoms with Crippen LogP contribution in [0.4, 0.5) is 11.5 Å². The smallest absolute Gasteiger partial charge is 0.190 e. The zero-order valence-electron chi connectivity index (χ0n) is 15.5. The van der Waals surface area contributed by atoms with Crippen LogP contribution >= 0.6 is 36.2 Å². The van der Waals surface area contributed by atoms with E-state index in [-0.39, 0.29) is 5.50 Å². The van der Waals surface area contributed by atoms with Gasteiger partial charge in [0.2, 0.25) is 0 Å². The summed E-state index contributed by atoms with van der Waals surface area (Å²) in [5.41, 5.74) is 1.02. The molecule has 0 saturated heterocycles. The van der Waals surface area contributed by atoms with Crippen molar-refractivity contribution in [1.82, 2.24) is 9.97 Å². The fraction of sp³-hybridized carbons (Fsp3) is 0.765. The van der Waals surface area contributed by atoms with Crippen LogP contribution in [-0.2, 0) is 0 Å². The van der Waals surface area contributed by atoms with Crippen molar-refractivity contribution in [1.29, 1.82) is 0 Å². The second-order valence-corrected chi connectivity index (χ2v) is 9.97. The molecule has 7 heteroatoms. The van der Waals surface area contributed by atoms with Crippen LogP contribution < -0.4 is 10.2 Å². The molecule has 0 aromatic carbocycles. The van der Waals surface area contributed by atoms with Gasteiger partial charge in [0.25, 0.3) is 0 Å². The Hall–Kier alpha value is -0.270. The summed E-state index contributed by atoms with van der Waals surface area (Å²) in [5, 5.41) is 5.41. The third kappa shape index (κ3) is 5.36. The highest BCUT2D eigenvalue weighted by Crippen LogP contribution is 2.42. The van der Waals surface area contributed by atoms with Gasteiger partial charge in [-0.15, -0.1) is 24.4 Å². The summed E-state index contributed by atoms with van der Waals surface area (Å²) in [7, 11) is 0. The van der Waals surface area contributed by atoms with Gasteiger partial charge in [-0.1, -0.05) is 53.3 Å². The maximum atomic E-state index is 4.85. The van der Waals surface area contributed by atoms with Gasteiger partial charge in [-0.25, -0.2) is 9.97 Å². The van der Waals surface area contributed by atoms with Crippen molar-refractivity contribution in [3.8, 4) is 0 Å². The highest BCUT2D eigenvalue weighted by Gasteiger charge is 2.32. The van der Waals surface area contributed by atoms with Gasteiger partial charge in [-0.05, 0) is 17.8 Å². The summed E-state index contributed by atoms with van der Waals surface area (Å²) < 4.78 is 0. The summed E-state index contributed by atoms with van der Waals surface area (Å²) in [6.45, 7) is 14.3. The molecule has 1 aliphatic heterocycles. The van der Waals surface area contributed by atoms with E-state index < -0.39 is 0 Å². The minimum atomic E-state index is -0.0274. The van der Waals surface area contributed by atoms with E-state index in [9.17, 15) is 0 Å². The number of thioether (sulfide) groups is 2. The van der Waals surface area contributed by atoms with Crippen molar-refractivity contribution in [2.24, 2.45) is 17.8 Å². The summed E-state index contributed by atoms with van der Waals surface area (Å²) in [6.07, 6.45) is 0. The zero-order chi connectivity index (χ0) is 17.9. The van der Waals surface area contributed by atoms with Gasteiger partial charge in [0.05, 0.1) is 0 Å². The Balaban J connectivity index is 2.32. The number of rotatable bonds is 8. The Bertz CT molecular complexity index is 549. The molecule has 0 fully saturated rings. The van der Waals surface area contributed by atoms with E-state index in [0.717, 1.165) is 39.7 Å². The summed E-state index contributed by atoms with van der Waals surface area (Å²) in [6, 6.07) is 0. The number of hydrogen-bond acceptors (Lipinski definition) is 7. The molecule has 136 valence electrons. The van der Waals surface area contributed by atoms with E-state index >= 15 is 0 Å². The van der Waals surface area contributed by atoms with Crippen LogP contribution in [0.25, 0.3) is 0 Å². The van der Waals surface area contributed by atoms with Gasteiger partial charge in [-0.2, -0.15) is 0 Å². The van der Waals surface area contributed by atoms with Crippen LogP contribution in [0.1, 0.15) is 41.5 Å². The molecule has 2 heterocycles. The molecule has 0 amide bonds. The first-order valence-corrected chi connectivity index (χ1v) is 11.2. The minimum Gasteiger partial charge on any atom is -0.352 e. The van der Waals surface area contributed by atoms with E-state index in [1.54, 1.807) is 11.8 Å². The number of thiol groups is 1. The Morgan fingerprint density at radius 1 is 1.00 bits per heavy atom. The van der Waals surface area contributed by atoms with Crippen LogP contribution in [-0.4, -0.2) is 33.5 Å². The molecule has 0 saturated carbocycles. The molecule has 0 bridgehead atoms. The normalized spacial score (nSPS) is 17.1. The van der Waals surface area contributed by atoms with E-state index in [1.165, 1.54) is 0 Å². The van der Waals surface area contributed by atoms with Crippen molar-refractivity contribution in [2.45, 2.75) is 57.2 Å². The van der Waals surface area contributed by atoms with Gasteiger partial charge in [0.15, 0.2) is 11.0 Å². The van der Waals surface area contributed by atoms with Gasteiger partial charge in [0.1, 0.15) is 16.2 Å². The molecule has 4 nitrogen and oxygen atoms in total. The van der Waals surface area contributed by atoms with E-state index in [2.05, 4.69) is 51.8 Å². The number of aromatic nitrogens is 2. The predicted octanol–water partition coefficient (Wildman–Crippen LogP) is 5.07. The summed E-state index contributed by atoms with van der Waals surface area (Å²) >= 11 is 8.28. The second-order valence-electron chi connectivity index (χ2n) is 7.48. The standard InChI is InChI=1S/C17H30N4S3/c1-10(2)7-21-14-13(18-17(21)22)15(23-8-11(3)4)20-16(19-14)24-9-12(5)6/h10-12,17-18,22H,7-9H2,1-6H3. The lowest BCUT2D eigenvalue weighted by molar-refractivity contribution is 0.614. The van der Waals surface area contributed by atoms with Gasteiger partial charge < -0.3 is 10.2 Å². The fourth-order valence-corrected chi connectivity index (χ4v) is 4.42. The third-order valence-electron chi connectivity index (χ3n) is 3.34. The minimum absolute atomic E-state index is 0.0274. The van der Waals surface area contributed by atoms with Gasteiger partial charge in [0, 0.05) is 18.1 Å². The van der Waals surface area contributed by atoms with Gasteiger partial charge in [-0.3, -0.25) is 0 Å². The molecule has 1 N–H and O–H groups in total. The van der Waals surface area contributed by atoms with Crippen LogP contribution in [0.2, 0.25) is 0 Å². The van der Waals surface area contributed by atoms with Crippen molar-refractivity contribution < 1.29 is 0 Å². The molecule has 1 aromatic heterocycles. The highest BCUT2D eigenvalue weighted by molar-refractivity contribution is 7.99. The first-order chi connectivity index (χ1) is 11.3. The van der Waals surface area contributed by atoms with Crippen molar-refractivity contribution in [2.75, 3.05) is 28.3 Å². The van der Waals surface area contributed by atoms with E-state index in [0.29, 0.717) is 17.8 Å². The molecular weight excluding hydrogens is 356 g/mol. The van der Waals surface area contributed by atoms with Crippen molar-refractivity contribution in [3.05, 3.63) is 0 Å². The topological polar surface area (TPSA) is 41.1 Å². The van der Waals surface area contributed by atoms with Crippen LogP contribution in [0.5, 0.6) is 0 Å². The number of nitrogens with one attached hydrogen (secondary N) is 1. The van der Waals surface area contributed by atoms with E-state index in [1.807, 2.05) is 11.8 Å². The predicted molar refractivity (Wildman–Crippen MR) is 112 cm³/mol. The fourth-order valence-electron chi connectivity index (χ4n) is 2.30. The molecule has 0 aliphatic carbocycles. The lowest BCUT2D eigenvalue weighted by Crippen LogP contribution is -2.34. The number of fused-ring (bicyclic) bond motifs is 1. The van der Waals surface area contributed by atoms with Crippen LogP contribution in [0, 0.1) is 17.8 Å². The van der Waals surface area contributed by atoms with E-state index in [4.69, 9.17) is 22.6 Å². The van der Waals surface area contributed by atoms with Crippen LogP contribution in [0.3, 0.4) is 0 Å². The lowest BCUT2D eigenvalue weighted by atomic mass is 10.2. The Labute approximate surface area is 160 Å². The molecule has 1 atom stereocenters. The average Bonchev–Trinajstić information content (AvgIpc) is 2.78. The summed E-state index contributed by atoms with van der Waals surface area (Å²) in [5.74, 6) is 4.92. The van der Waals surface area contributed by atoms with Crippen LogP contribution in [0.15, 0.2) is 10.2 Å². The molecule has 0 spiro atoms. The Morgan fingerprint density at radius 2 is 1.62 bits per heavy atom. The number of nitrogens with zero attached hydrogens (tertiary/aromatic N) is 3. The molecule has 1 aliphatic rings. The number of hydrogen-bond donors (Lipinski definition) is 2. The summed E-state index contributed by atoms with van der Waals surface area (Å²) in [4.78, 5) is 11.9. The van der Waals surface area contributed by atoms with Crippen molar-refractivity contribution >= 4 is 47.7 Å². The SMILES string of the molecule is CC(C)CSc1nc(SCC(C)C)c2c(n1)N(CC(C)C)C(S)N2. The quantitative estimate of drug-likeness (QED) is 0.281. The molecule has 2 rings (SSSR count). The maximum absolute atomic E-state index is 4.85. The first kappa shape index (κ1) is 20.0. The first-order valence-electron chi connectivity index (χ1n) is 8.66.